The van der Waals surface area contributed by atoms with Crippen molar-refractivity contribution in [1.29, 1.82) is 0 Å². The minimum absolute atomic E-state index is 0.365. The summed E-state index contributed by atoms with van der Waals surface area (Å²) in [5.41, 5.74) is 1.37. The van der Waals surface area contributed by atoms with Gasteiger partial charge in [-0.1, -0.05) is 12.2 Å². The summed E-state index contributed by atoms with van der Waals surface area (Å²) in [6, 6.07) is 6.40. The van der Waals surface area contributed by atoms with E-state index in [1.165, 1.54) is 57.5 Å². The van der Waals surface area contributed by atoms with Crippen LogP contribution in [0.25, 0.3) is 0 Å². The van der Waals surface area contributed by atoms with Crippen molar-refractivity contribution in [3.8, 4) is 11.5 Å². The number of hydrogen-bond donors (Lipinski definition) is 2. The van der Waals surface area contributed by atoms with E-state index < -0.39 is 0 Å². The van der Waals surface area contributed by atoms with Crippen LogP contribution in [-0.2, 0) is 6.54 Å². The van der Waals surface area contributed by atoms with E-state index in [2.05, 4.69) is 30.4 Å². The van der Waals surface area contributed by atoms with Crippen LogP contribution in [0.1, 0.15) is 24.8 Å². The van der Waals surface area contributed by atoms with Gasteiger partial charge in [-0.05, 0) is 37.5 Å². The van der Waals surface area contributed by atoms with Crippen LogP contribution in [-0.4, -0.2) is 39.5 Å². The Morgan fingerprint density at radius 2 is 1.78 bits per heavy atom. The monoisotopic (exact) mass is 316 g/mol. The SMILES string of the molecule is C1=CC[C@@H](C[NH+]2CC[NH+](Cc3ccc4c(c3)OCO4)CC2)CC1. The number of allylic oxidation sites excluding steroid dienone is 2. The third-order valence-electron chi connectivity index (χ3n) is 5.51. The summed E-state index contributed by atoms with van der Waals surface area (Å²) >= 11 is 0. The number of piperazine rings is 1. The first-order chi connectivity index (χ1) is 11.4. The molecule has 2 heterocycles. The molecule has 1 fully saturated rings. The van der Waals surface area contributed by atoms with Gasteiger partial charge in [-0.25, -0.2) is 0 Å². The van der Waals surface area contributed by atoms with E-state index in [0.717, 1.165) is 24.0 Å². The molecule has 1 aromatic carbocycles. The molecular weight excluding hydrogens is 288 g/mol. The third-order valence-corrected chi connectivity index (χ3v) is 5.51. The van der Waals surface area contributed by atoms with Crippen molar-refractivity contribution >= 4 is 0 Å². The summed E-state index contributed by atoms with van der Waals surface area (Å²) in [7, 11) is 0. The average Bonchev–Trinajstić information content (AvgIpc) is 3.05. The smallest absolute Gasteiger partial charge is 0.231 e. The van der Waals surface area contributed by atoms with Gasteiger partial charge in [0.1, 0.15) is 32.7 Å². The highest BCUT2D eigenvalue weighted by molar-refractivity contribution is 5.44. The molecule has 3 aliphatic rings. The number of quaternary nitrogens is 2. The number of benzene rings is 1. The molecule has 0 amide bonds. The van der Waals surface area contributed by atoms with Crippen LogP contribution in [0.4, 0.5) is 0 Å². The second-order valence-corrected chi connectivity index (χ2v) is 7.22. The van der Waals surface area contributed by atoms with E-state index >= 15 is 0 Å². The van der Waals surface area contributed by atoms with Gasteiger partial charge < -0.3 is 19.3 Å². The van der Waals surface area contributed by atoms with Crippen LogP contribution >= 0.6 is 0 Å². The highest BCUT2D eigenvalue weighted by Gasteiger charge is 2.26. The van der Waals surface area contributed by atoms with Crippen LogP contribution < -0.4 is 19.3 Å². The number of fused-ring (bicyclic) bond motifs is 1. The van der Waals surface area contributed by atoms with E-state index in [4.69, 9.17) is 9.47 Å². The van der Waals surface area contributed by atoms with Crippen LogP contribution in [0.5, 0.6) is 11.5 Å². The summed E-state index contributed by atoms with van der Waals surface area (Å²) in [6.07, 6.45) is 8.72. The molecule has 0 radical (unpaired) electrons. The molecule has 1 atom stereocenters. The number of hydrogen-bond acceptors (Lipinski definition) is 2. The summed E-state index contributed by atoms with van der Waals surface area (Å²) in [5.74, 6) is 2.72. The lowest BCUT2D eigenvalue weighted by atomic mass is 9.94. The van der Waals surface area contributed by atoms with Gasteiger partial charge in [-0.2, -0.15) is 0 Å². The zero-order valence-corrected chi connectivity index (χ0v) is 13.9. The Hall–Kier alpha value is -1.52. The topological polar surface area (TPSA) is 27.3 Å². The first kappa shape index (κ1) is 15.0. The lowest BCUT2D eigenvalue weighted by molar-refractivity contribution is -1.02. The molecule has 124 valence electrons. The van der Waals surface area contributed by atoms with E-state index in [0.29, 0.717) is 6.79 Å². The molecule has 2 aliphatic heterocycles. The zero-order chi connectivity index (χ0) is 15.5. The first-order valence-electron chi connectivity index (χ1n) is 9.07. The van der Waals surface area contributed by atoms with E-state index in [1.807, 2.05) is 4.90 Å². The Kier molecular flexibility index (Phi) is 4.53. The van der Waals surface area contributed by atoms with Crippen molar-refractivity contribution in [2.45, 2.75) is 25.8 Å². The van der Waals surface area contributed by atoms with Crippen molar-refractivity contribution in [2.24, 2.45) is 5.92 Å². The second kappa shape index (κ2) is 6.93. The van der Waals surface area contributed by atoms with Crippen LogP contribution in [0.2, 0.25) is 0 Å². The predicted molar refractivity (Wildman–Crippen MR) is 89.0 cm³/mol. The molecule has 4 nitrogen and oxygen atoms in total. The highest BCUT2D eigenvalue weighted by Crippen LogP contribution is 2.32. The Labute approximate surface area is 138 Å². The molecule has 2 N–H and O–H groups in total. The Bertz CT molecular complexity index is 564. The molecule has 4 rings (SSSR count). The standard InChI is InChI=1S/C19H26N2O2/c1-2-4-16(5-3-1)13-20-8-10-21(11-9-20)14-17-6-7-18-19(12-17)23-15-22-18/h1-2,6-7,12,16H,3-5,8-11,13-15H2/p+2/t16-/m1/s1. The van der Waals surface area contributed by atoms with Gasteiger partial charge >= 0.3 is 0 Å². The Morgan fingerprint density at radius 1 is 0.957 bits per heavy atom. The van der Waals surface area contributed by atoms with E-state index in [9.17, 15) is 0 Å². The fraction of sp³-hybridized carbons (Fsp3) is 0.579. The summed E-state index contributed by atoms with van der Waals surface area (Å²) in [6.45, 7) is 8.06. The third kappa shape index (κ3) is 3.70. The summed E-state index contributed by atoms with van der Waals surface area (Å²) in [4.78, 5) is 3.52. The number of ether oxygens (including phenoxy) is 2. The minimum Gasteiger partial charge on any atom is -0.454 e. The lowest BCUT2D eigenvalue weighted by Gasteiger charge is -2.32. The molecule has 0 saturated carbocycles. The molecule has 0 bridgehead atoms. The molecule has 0 unspecified atom stereocenters. The van der Waals surface area contributed by atoms with Crippen LogP contribution in [0.15, 0.2) is 30.4 Å². The fourth-order valence-electron chi connectivity index (χ4n) is 4.13. The van der Waals surface area contributed by atoms with Crippen molar-refractivity contribution in [3.05, 3.63) is 35.9 Å². The molecule has 1 aliphatic carbocycles. The van der Waals surface area contributed by atoms with E-state index in [-0.39, 0.29) is 0 Å². The minimum atomic E-state index is 0.365. The molecular formula is C19H28N2O2+2. The van der Waals surface area contributed by atoms with Gasteiger partial charge in [0.2, 0.25) is 6.79 Å². The second-order valence-electron chi connectivity index (χ2n) is 7.22. The van der Waals surface area contributed by atoms with E-state index in [1.54, 1.807) is 4.90 Å². The normalized spacial score (nSPS) is 29.7. The molecule has 1 aromatic rings. The maximum atomic E-state index is 5.49. The summed E-state index contributed by atoms with van der Waals surface area (Å²) < 4.78 is 10.9. The predicted octanol–water partition coefficient (Wildman–Crippen LogP) is 0.0550. The van der Waals surface area contributed by atoms with Crippen molar-refractivity contribution in [2.75, 3.05) is 39.5 Å². The van der Waals surface area contributed by atoms with Crippen molar-refractivity contribution in [1.82, 2.24) is 0 Å². The van der Waals surface area contributed by atoms with Gasteiger partial charge in [-0.15, -0.1) is 0 Å². The largest absolute Gasteiger partial charge is 0.454 e. The Morgan fingerprint density at radius 3 is 2.61 bits per heavy atom. The summed E-state index contributed by atoms with van der Waals surface area (Å²) in [5, 5.41) is 0. The molecule has 1 saturated heterocycles. The van der Waals surface area contributed by atoms with Gasteiger partial charge in [0.15, 0.2) is 11.5 Å². The number of rotatable bonds is 4. The van der Waals surface area contributed by atoms with Crippen molar-refractivity contribution < 1.29 is 19.3 Å². The lowest BCUT2D eigenvalue weighted by Crippen LogP contribution is -3.27. The quantitative estimate of drug-likeness (QED) is 0.769. The molecule has 4 heteroatoms. The molecule has 23 heavy (non-hydrogen) atoms. The molecule has 0 aromatic heterocycles. The van der Waals surface area contributed by atoms with Gasteiger partial charge in [0, 0.05) is 11.5 Å². The number of nitrogens with one attached hydrogen (secondary N) is 2. The zero-order valence-electron chi connectivity index (χ0n) is 13.9. The van der Waals surface area contributed by atoms with Crippen molar-refractivity contribution in [3.63, 3.8) is 0 Å². The Balaban J connectivity index is 1.25. The van der Waals surface area contributed by atoms with Crippen LogP contribution in [0.3, 0.4) is 0 Å². The van der Waals surface area contributed by atoms with Gasteiger partial charge in [0.05, 0.1) is 6.54 Å². The maximum absolute atomic E-state index is 5.49. The van der Waals surface area contributed by atoms with Gasteiger partial charge in [-0.3, -0.25) is 0 Å². The van der Waals surface area contributed by atoms with Gasteiger partial charge in [0.25, 0.3) is 0 Å². The average molecular weight is 316 g/mol. The molecule has 0 spiro atoms. The first-order valence-corrected chi connectivity index (χ1v) is 9.07. The maximum Gasteiger partial charge on any atom is 0.231 e. The highest BCUT2D eigenvalue weighted by atomic mass is 16.7. The van der Waals surface area contributed by atoms with Crippen LogP contribution in [0, 0.1) is 5.92 Å². The fourth-order valence-corrected chi connectivity index (χ4v) is 4.13.